The summed E-state index contributed by atoms with van der Waals surface area (Å²) >= 11 is 0. The van der Waals surface area contributed by atoms with E-state index in [2.05, 4.69) is 10.1 Å². The van der Waals surface area contributed by atoms with Crippen molar-refractivity contribution in [3.05, 3.63) is 65.2 Å². The van der Waals surface area contributed by atoms with Crippen LogP contribution in [0.5, 0.6) is 5.75 Å². The minimum Gasteiger partial charge on any atom is -0.496 e. The number of carbonyl (C=O) groups is 3. The Bertz CT molecular complexity index is 869. The highest BCUT2D eigenvalue weighted by atomic mass is 16.5. The van der Waals surface area contributed by atoms with Crippen molar-refractivity contribution in [1.29, 1.82) is 0 Å². The van der Waals surface area contributed by atoms with Crippen molar-refractivity contribution < 1.29 is 29.0 Å². The molecule has 0 bridgehead atoms. The molecule has 8 heteroatoms. The lowest BCUT2D eigenvalue weighted by Gasteiger charge is -2.17. The molecular formula is C21H24N2O6. The third-order valence-corrected chi connectivity index (χ3v) is 4.37. The van der Waals surface area contributed by atoms with Crippen LogP contribution in [0.2, 0.25) is 0 Å². The van der Waals surface area contributed by atoms with Gasteiger partial charge in [-0.3, -0.25) is 9.59 Å². The summed E-state index contributed by atoms with van der Waals surface area (Å²) in [6.07, 6.45) is 0.171. The van der Waals surface area contributed by atoms with E-state index in [0.29, 0.717) is 5.56 Å². The fourth-order valence-electron chi connectivity index (χ4n) is 2.75. The topological polar surface area (TPSA) is 128 Å². The summed E-state index contributed by atoms with van der Waals surface area (Å²) in [4.78, 5) is 36.5. The highest BCUT2D eigenvalue weighted by molar-refractivity contribution is 5.97. The van der Waals surface area contributed by atoms with Gasteiger partial charge in [-0.1, -0.05) is 36.4 Å². The van der Waals surface area contributed by atoms with Gasteiger partial charge in [0.15, 0.2) is 11.8 Å². The van der Waals surface area contributed by atoms with Crippen LogP contribution in [-0.4, -0.2) is 49.6 Å². The zero-order valence-corrected chi connectivity index (χ0v) is 16.3. The molecule has 4 N–H and O–H groups in total. The number of aliphatic hydroxyl groups excluding tert-OH is 1. The van der Waals surface area contributed by atoms with Gasteiger partial charge in [-0.05, 0) is 17.7 Å². The minimum absolute atomic E-state index is 0.171. The van der Waals surface area contributed by atoms with E-state index in [-0.39, 0.29) is 23.5 Å². The number of esters is 1. The Morgan fingerprint density at radius 2 is 1.79 bits per heavy atom. The van der Waals surface area contributed by atoms with Crippen LogP contribution in [-0.2, 0) is 20.7 Å². The predicted molar refractivity (Wildman–Crippen MR) is 105 cm³/mol. The van der Waals surface area contributed by atoms with E-state index in [0.717, 1.165) is 12.7 Å². The number of amides is 1. The summed E-state index contributed by atoms with van der Waals surface area (Å²) in [5, 5.41) is 11.6. The first-order valence-corrected chi connectivity index (χ1v) is 8.91. The number of ketones is 1. The molecule has 0 aliphatic rings. The van der Waals surface area contributed by atoms with E-state index >= 15 is 0 Å². The van der Waals surface area contributed by atoms with Gasteiger partial charge < -0.3 is 25.6 Å². The van der Waals surface area contributed by atoms with Crippen molar-refractivity contribution in [3.8, 4) is 5.75 Å². The maximum absolute atomic E-state index is 12.6. The number of rotatable bonds is 9. The summed E-state index contributed by atoms with van der Waals surface area (Å²) in [7, 11) is 2.56. The number of methoxy groups -OCH3 is 2. The molecule has 2 unspecified atom stereocenters. The first-order chi connectivity index (χ1) is 13.9. The molecule has 2 aromatic carbocycles. The molecule has 154 valence electrons. The molecule has 0 aliphatic carbocycles. The summed E-state index contributed by atoms with van der Waals surface area (Å²) in [6, 6.07) is 11.5. The van der Waals surface area contributed by atoms with Gasteiger partial charge >= 0.3 is 5.97 Å². The quantitative estimate of drug-likeness (QED) is 0.531. The number of nitrogens with two attached hydrogens (primary N) is 1. The average molecular weight is 400 g/mol. The zero-order chi connectivity index (χ0) is 21.4. The van der Waals surface area contributed by atoms with E-state index in [9.17, 15) is 19.5 Å². The third kappa shape index (κ3) is 5.63. The summed E-state index contributed by atoms with van der Waals surface area (Å²) in [6.45, 7) is -0.605. The molecule has 0 heterocycles. The van der Waals surface area contributed by atoms with Crippen LogP contribution in [0.1, 0.15) is 27.5 Å². The SMILES string of the molecule is COC(=O)C(CO)NC(=O)c1ccc(C(N)C(=O)Cc2ccccc2)c(OC)c1. The number of hydrogen-bond acceptors (Lipinski definition) is 7. The Labute approximate surface area is 168 Å². The number of ether oxygens (including phenoxy) is 2. The molecule has 8 nitrogen and oxygen atoms in total. The highest BCUT2D eigenvalue weighted by Crippen LogP contribution is 2.26. The van der Waals surface area contributed by atoms with E-state index in [1.165, 1.54) is 25.3 Å². The maximum Gasteiger partial charge on any atom is 0.330 e. The van der Waals surface area contributed by atoms with Gasteiger partial charge in [-0.15, -0.1) is 0 Å². The second-order valence-corrected chi connectivity index (χ2v) is 6.29. The van der Waals surface area contributed by atoms with Crippen molar-refractivity contribution in [3.63, 3.8) is 0 Å². The minimum atomic E-state index is -1.19. The van der Waals surface area contributed by atoms with Crippen LogP contribution in [0.25, 0.3) is 0 Å². The fourth-order valence-corrected chi connectivity index (χ4v) is 2.75. The Morgan fingerprint density at radius 1 is 1.10 bits per heavy atom. The predicted octanol–water partition coefficient (Wildman–Crippen LogP) is 0.771. The van der Waals surface area contributed by atoms with E-state index < -0.39 is 30.6 Å². The summed E-state index contributed by atoms with van der Waals surface area (Å²) in [5.41, 5.74) is 7.59. The van der Waals surface area contributed by atoms with Crippen molar-refractivity contribution >= 4 is 17.7 Å². The first-order valence-electron chi connectivity index (χ1n) is 8.91. The van der Waals surface area contributed by atoms with Crippen molar-refractivity contribution in [2.45, 2.75) is 18.5 Å². The number of Topliss-reactive ketones (excluding diaryl/α,β-unsaturated/α-hetero) is 1. The van der Waals surface area contributed by atoms with Gasteiger partial charge in [-0.25, -0.2) is 4.79 Å². The van der Waals surface area contributed by atoms with Gasteiger partial charge in [-0.2, -0.15) is 0 Å². The number of nitrogens with one attached hydrogen (secondary N) is 1. The normalized spacial score (nSPS) is 12.6. The standard InChI is InChI=1S/C21H24N2O6/c1-28-18-11-14(20(26)23-16(12-24)21(27)29-2)8-9-15(18)19(22)17(25)10-13-6-4-3-5-7-13/h3-9,11,16,19,24H,10,12,22H2,1-2H3,(H,23,26). The van der Waals surface area contributed by atoms with Crippen LogP contribution in [0.3, 0.4) is 0 Å². The van der Waals surface area contributed by atoms with Gasteiger partial charge in [0.2, 0.25) is 0 Å². The largest absolute Gasteiger partial charge is 0.496 e. The molecule has 1 amide bonds. The third-order valence-electron chi connectivity index (χ3n) is 4.37. The molecule has 0 radical (unpaired) electrons. The Hall–Kier alpha value is -3.23. The van der Waals surface area contributed by atoms with Crippen molar-refractivity contribution in [1.82, 2.24) is 5.32 Å². The first kappa shape index (κ1) is 22.1. The molecule has 2 aromatic rings. The van der Waals surface area contributed by atoms with Crippen LogP contribution in [0.4, 0.5) is 0 Å². The number of carbonyl (C=O) groups excluding carboxylic acids is 3. The molecule has 29 heavy (non-hydrogen) atoms. The molecule has 2 atom stereocenters. The lowest BCUT2D eigenvalue weighted by Crippen LogP contribution is -2.44. The molecule has 0 aliphatic heterocycles. The Morgan fingerprint density at radius 3 is 2.38 bits per heavy atom. The smallest absolute Gasteiger partial charge is 0.330 e. The second kappa shape index (κ2) is 10.4. The van der Waals surface area contributed by atoms with Gasteiger partial charge in [0.1, 0.15) is 5.75 Å². The Kier molecular flexibility index (Phi) is 7.88. The molecule has 0 saturated heterocycles. The van der Waals surface area contributed by atoms with Crippen LogP contribution in [0.15, 0.2) is 48.5 Å². The lowest BCUT2D eigenvalue weighted by atomic mass is 9.96. The monoisotopic (exact) mass is 400 g/mol. The summed E-state index contributed by atoms with van der Waals surface area (Å²) < 4.78 is 9.82. The van der Waals surface area contributed by atoms with E-state index in [1.807, 2.05) is 30.3 Å². The molecule has 2 rings (SSSR count). The lowest BCUT2D eigenvalue weighted by molar-refractivity contribution is -0.143. The molecule has 0 saturated carbocycles. The number of hydrogen-bond donors (Lipinski definition) is 3. The van der Waals surface area contributed by atoms with Crippen LogP contribution in [0, 0.1) is 0 Å². The second-order valence-electron chi connectivity index (χ2n) is 6.29. The zero-order valence-electron chi connectivity index (χ0n) is 16.3. The molecule has 0 spiro atoms. The molecular weight excluding hydrogens is 376 g/mol. The van der Waals surface area contributed by atoms with Gasteiger partial charge in [0, 0.05) is 17.5 Å². The molecule has 0 aromatic heterocycles. The van der Waals surface area contributed by atoms with Crippen LogP contribution >= 0.6 is 0 Å². The molecule has 0 fully saturated rings. The number of aliphatic hydroxyl groups is 1. The van der Waals surface area contributed by atoms with E-state index in [4.69, 9.17) is 10.5 Å². The van der Waals surface area contributed by atoms with E-state index in [1.54, 1.807) is 0 Å². The van der Waals surface area contributed by atoms with Gasteiger partial charge in [0.25, 0.3) is 5.91 Å². The van der Waals surface area contributed by atoms with Crippen molar-refractivity contribution in [2.24, 2.45) is 5.73 Å². The van der Waals surface area contributed by atoms with Crippen LogP contribution < -0.4 is 15.8 Å². The number of benzene rings is 2. The highest BCUT2D eigenvalue weighted by Gasteiger charge is 2.24. The van der Waals surface area contributed by atoms with Crippen molar-refractivity contribution in [2.75, 3.05) is 20.8 Å². The Balaban J connectivity index is 2.18. The van der Waals surface area contributed by atoms with Gasteiger partial charge in [0.05, 0.1) is 26.9 Å². The summed E-state index contributed by atoms with van der Waals surface area (Å²) in [5.74, 6) is -1.30. The fraction of sp³-hybridized carbons (Fsp3) is 0.286. The average Bonchev–Trinajstić information content (AvgIpc) is 2.76. The maximum atomic E-state index is 12.6.